The van der Waals surface area contributed by atoms with Crippen molar-refractivity contribution in [3.8, 4) is 0 Å². The molecule has 2 nitrogen and oxygen atoms in total. The van der Waals surface area contributed by atoms with Crippen LogP contribution >= 0.6 is 0 Å². The molecule has 1 N–H and O–H groups in total. The van der Waals surface area contributed by atoms with Gasteiger partial charge in [0.2, 0.25) is 5.91 Å². The van der Waals surface area contributed by atoms with Gasteiger partial charge < -0.3 is 5.32 Å². The highest BCUT2D eigenvalue weighted by Gasteiger charge is 2.06. The van der Waals surface area contributed by atoms with Gasteiger partial charge in [0.05, 0.1) is 6.42 Å². The predicted octanol–water partition coefficient (Wildman–Crippen LogP) is 3.37. The van der Waals surface area contributed by atoms with Crippen LogP contribution in [0.2, 0.25) is 0 Å². The molecule has 1 aliphatic carbocycles. The Morgan fingerprint density at radius 2 is 2.00 bits per heavy atom. The Morgan fingerprint density at radius 1 is 1.21 bits per heavy atom. The number of amides is 1. The van der Waals surface area contributed by atoms with Gasteiger partial charge in [0.25, 0.3) is 0 Å². The Morgan fingerprint density at radius 3 is 2.68 bits per heavy atom. The summed E-state index contributed by atoms with van der Waals surface area (Å²) in [5.41, 5.74) is 2.31. The van der Waals surface area contributed by atoms with E-state index in [0.717, 1.165) is 12.0 Å². The summed E-state index contributed by atoms with van der Waals surface area (Å²) in [6.07, 6.45) is 8.49. The summed E-state index contributed by atoms with van der Waals surface area (Å²) in [5, 5.41) is 2.92. The largest absolute Gasteiger partial charge is 0.355 e. The molecule has 0 radical (unpaired) electrons. The fourth-order valence-electron chi connectivity index (χ4n) is 2.34. The van der Waals surface area contributed by atoms with E-state index in [-0.39, 0.29) is 11.7 Å². The van der Waals surface area contributed by atoms with Crippen molar-refractivity contribution in [1.82, 2.24) is 5.32 Å². The van der Waals surface area contributed by atoms with Crippen molar-refractivity contribution in [1.29, 1.82) is 0 Å². The highest BCUT2D eigenvalue weighted by atomic mass is 19.1. The molecule has 0 aliphatic heterocycles. The molecule has 19 heavy (non-hydrogen) atoms. The first-order valence-electron chi connectivity index (χ1n) is 6.93. The molecule has 0 saturated heterocycles. The number of hydrogen-bond acceptors (Lipinski definition) is 1. The van der Waals surface area contributed by atoms with E-state index in [1.54, 1.807) is 12.1 Å². The molecule has 1 amide bonds. The van der Waals surface area contributed by atoms with Gasteiger partial charge in [-0.2, -0.15) is 0 Å². The highest BCUT2D eigenvalue weighted by Crippen LogP contribution is 2.19. The Balaban J connectivity index is 1.69. The maximum atomic E-state index is 12.7. The van der Waals surface area contributed by atoms with E-state index in [0.29, 0.717) is 13.0 Å². The van der Waals surface area contributed by atoms with Crippen LogP contribution in [0.15, 0.2) is 35.9 Å². The minimum atomic E-state index is -0.270. The summed E-state index contributed by atoms with van der Waals surface area (Å²) in [5.74, 6) is -0.267. The van der Waals surface area contributed by atoms with Crippen LogP contribution < -0.4 is 5.32 Å². The van der Waals surface area contributed by atoms with Gasteiger partial charge in [-0.25, -0.2) is 4.39 Å². The van der Waals surface area contributed by atoms with E-state index in [1.807, 2.05) is 0 Å². The van der Waals surface area contributed by atoms with Crippen molar-refractivity contribution >= 4 is 5.91 Å². The van der Waals surface area contributed by atoms with Gasteiger partial charge >= 0.3 is 0 Å². The second-order valence-corrected chi connectivity index (χ2v) is 5.01. The summed E-state index contributed by atoms with van der Waals surface area (Å²) in [6.45, 7) is 0.700. The minimum Gasteiger partial charge on any atom is -0.355 e. The number of nitrogens with one attached hydrogen (secondary N) is 1. The first-order chi connectivity index (χ1) is 9.24. The Kier molecular flexibility index (Phi) is 5.13. The second kappa shape index (κ2) is 7.07. The van der Waals surface area contributed by atoms with Gasteiger partial charge in [-0.15, -0.1) is 0 Å². The Hall–Kier alpha value is -1.64. The summed E-state index contributed by atoms with van der Waals surface area (Å²) in [4.78, 5) is 11.7. The maximum absolute atomic E-state index is 12.7. The van der Waals surface area contributed by atoms with Gasteiger partial charge in [0.15, 0.2) is 0 Å². The number of benzene rings is 1. The zero-order valence-corrected chi connectivity index (χ0v) is 11.1. The number of carbonyl (C=O) groups is 1. The van der Waals surface area contributed by atoms with Crippen molar-refractivity contribution in [2.75, 3.05) is 6.54 Å². The van der Waals surface area contributed by atoms with Gasteiger partial charge in [-0.3, -0.25) is 4.79 Å². The lowest BCUT2D eigenvalue weighted by Crippen LogP contribution is -2.26. The molecule has 2 rings (SSSR count). The molecule has 0 unspecified atom stereocenters. The summed E-state index contributed by atoms with van der Waals surface area (Å²) in [7, 11) is 0. The van der Waals surface area contributed by atoms with Crippen LogP contribution in [0.25, 0.3) is 0 Å². The summed E-state index contributed by atoms with van der Waals surface area (Å²) < 4.78 is 12.7. The van der Waals surface area contributed by atoms with Crippen LogP contribution in [-0.4, -0.2) is 12.5 Å². The molecule has 1 aliphatic rings. The van der Waals surface area contributed by atoms with Crippen molar-refractivity contribution in [3.05, 3.63) is 47.3 Å². The van der Waals surface area contributed by atoms with Gasteiger partial charge in [0.1, 0.15) is 5.82 Å². The second-order valence-electron chi connectivity index (χ2n) is 5.01. The molecule has 0 heterocycles. The molecule has 102 valence electrons. The minimum absolute atomic E-state index is 0.00279. The van der Waals surface area contributed by atoms with E-state index in [4.69, 9.17) is 0 Å². The number of hydrogen-bond donors (Lipinski definition) is 1. The molecule has 0 bridgehead atoms. The fourth-order valence-corrected chi connectivity index (χ4v) is 2.34. The monoisotopic (exact) mass is 261 g/mol. The third kappa shape index (κ3) is 4.86. The van der Waals surface area contributed by atoms with Crippen molar-refractivity contribution in [3.63, 3.8) is 0 Å². The first kappa shape index (κ1) is 13.8. The molecule has 0 atom stereocenters. The fraction of sp³-hybridized carbons (Fsp3) is 0.438. The normalized spacial score (nSPS) is 14.9. The smallest absolute Gasteiger partial charge is 0.224 e. The van der Waals surface area contributed by atoms with Crippen molar-refractivity contribution < 1.29 is 9.18 Å². The Labute approximate surface area is 113 Å². The third-order valence-electron chi connectivity index (χ3n) is 3.43. The van der Waals surface area contributed by atoms with Gasteiger partial charge in [-0.05, 0) is 49.8 Å². The number of halogens is 1. The standard InChI is InChI=1S/C16H20FNO/c17-15-8-6-14(7-9-15)12-16(19)18-11-10-13-4-2-1-3-5-13/h4,6-9H,1-3,5,10-12H2,(H,18,19). The molecule has 0 aromatic heterocycles. The molecular weight excluding hydrogens is 241 g/mol. The lowest BCUT2D eigenvalue weighted by atomic mass is 9.97. The molecule has 0 fully saturated rings. The topological polar surface area (TPSA) is 29.1 Å². The van der Waals surface area contributed by atoms with Crippen LogP contribution in [0.1, 0.15) is 37.7 Å². The van der Waals surface area contributed by atoms with E-state index < -0.39 is 0 Å². The van der Waals surface area contributed by atoms with E-state index in [9.17, 15) is 9.18 Å². The van der Waals surface area contributed by atoms with Crippen molar-refractivity contribution in [2.24, 2.45) is 0 Å². The zero-order valence-electron chi connectivity index (χ0n) is 11.1. The summed E-state index contributed by atoms with van der Waals surface area (Å²) >= 11 is 0. The van der Waals surface area contributed by atoms with Crippen LogP contribution in [0.5, 0.6) is 0 Å². The average molecular weight is 261 g/mol. The molecular formula is C16H20FNO. The third-order valence-corrected chi connectivity index (χ3v) is 3.43. The number of rotatable bonds is 5. The molecule has 1 aromatic rings. The van der Waals surface area contributed by atoms with E-state index >= 15 is 0 Å². The lowest BCUT2D eigenvalue weighted by Gasteiger charge is -2.12. The quantitative estimate of drug-likeness (QED) is 0.809. The van der Waals surface area contributed by atoms with Crippen LogP contribution in [0.4, 0.5) is 4.39 Å². The predicted molar refractivity (Wildman–Crippen MR) is 74.3 cm³/mol. The molecule has 0 spiro atoms. The summed E-state index contributed by atoms with van der Waals surface area (Å²) in [6, 6.07) is 6.07. The Bertz CT molecular complexity index is 450. The average Bonchev–Trinajstić information content (AvgIpc) is 2.43. The molecule has 0 saturated carbocycles. The van der Waals surface area contributed by atoms with E-state index in [2.05, 4.69) is 11.4 Å². The lowest BCUT2D eigenvalue weighted by molar-refractivity contribution is -0.120. The van der Waals surface area contributed by atoms with Gasteiger partial charge in [-0.1, -0.05) is 23.8 Å². The number of carbonyl (C=O) groups excluding carboxylic acids is 1. The maximum Gasteiger partial charge on any atom is 0.224 e. The van der Waals surface area contributed by atoms with Crippen LogP contribution in [0.3, 0.4) is 0 Å². The van der Waals surface area contributed by atoms with Crippen LogP contribution in [-0.2, 0) is 11.2 Å². The van der Waals surface area contributed by atoms with Gasteiger partial charge in [0, 0.05) is 6.54 Å². The molecule has 1 aromatic carbocycles. The number of allylic oxidation sites excluding steroid dienone is 1. The highest BCUT2D eigenvalue weighted by molar-refractivity contribution is 5.78. The first-order valence-corrected chi connectivity index (χ1v) is 6.93. The molecule has 3 heteroatoms. The van der Waals surface area contributed by atoms with Crippen molar-refractivity contribution in [2.45, 2.75) is 38.5 Å². The van der Waals surface area contributed by atoms with Crippen LogP contribution in [0, 0.1) is 5.82 Å². The zero-order chi connectivity index (χ0) is 13.5. The SMILES string of the molecule is O=C(Cc1ccc(F)cc1)NCCC1=CCCCC1. The van der Waals surface area contributed by atoms with E-state index in [1.165, 1.54) is 43.4 Å².